The molecule has 3 heteroatoms. The lowest BCUT2D eigenvalue weighted by atomic mass is 9.90. The first kappa shape index (κ1) is 14.4. The molecule has 0 fully saturated rings. The number of benzene rings is 4. The minimum Gasteiger partial charge on any atom is -0.359 e. The Morgan fingerprint density at radius 3 is 2.39 bits per heavy atom. The lowest BCUT2D eigenvalue weighted by molar-refractivity contribution is 0.821. The van der Waals surface area contributed by atoms with Gasteiger partial charge in [0, 0.05) is 32.9 Å². The molecule has 28 heavy (non-hydrogen) atoms. The van der Waals surface area contributed by atoms with E-state index in [1.54, 1.807) is 0 Å². The third kappa shape index (κ3) is 1.69. The Hall–Kier alpha value is -3.72. The van der Waals surface area contributed by atoms with Gasteiger partial charge in [-0.3, -0.25) is 0 Å². The van der Waals surface area contributed by atoms with Gasteiger partial charge in [0.1, 0.15) is 6.17 Å². The molecule has 2 aliphatic rings. The van der Waals surface area contributed by atoms with Gasteiger partial charge >= 0.3 is 0 Å². The molecule has 0 saturated carbocycles. The fourth-order valence-corrected chi connectivity index (χ4v) is 4.93. The molecule has 3 nitrogen and oxygen atoms in total. The quantitative estimate of drug-likeness (QED) is 0.328. The number of hydrogen-bond acceptors (Lipinski definition) is 2. The molecule has 5 aromatic rings. The standard InChI is InChI=1S/C25H17N3/c1-3-9-20-15(7-1)18-13-19-17(14-22(18)26-20)16-8-2-5-11-23(16)28-24-12-6-4-10-21(24)27-25(19)28/h1-14,25-27H. The van der Waals surface area contributed by atoms with Gasteiger partial charge in [-0.2, -0.15) is 0 Å². The molecule has 0 spiro atoms. The highest BCUT2D eigenvalue weighted by Crippen LogP contribution is 2.54. The van der Waals surface area contributed by atoms with Crippen molar-refractivity contribution in [1.29, 1.82) is 0 Å². The molecule has 132 valence electrons. The second-order valence-corrected chi connectivity index (χ2v) is 7.61. The fraction of sp³-hybridized carbons (Fsp3) is 0.0400. The van der Waals surface area contributed by atoms with Crippen molar-refractivity contribution in [3.63, 3.8) is 0 Å². The summed E-state index contributed by atoms with van der Waals surface area (Å²) in [5.74, 6) is 0. The number of nitrogens with one attached hydrogen (secondary N) is 2. The number of aromatic nitrogens is 1. The number of H-pyrrole nitrogens is 1. The molecule has 0 bridgehead atoms. The molecule has 1 aromatic heterocycles. The molecule has 0 aliphatic carbocycles. The second-order valence-electron chi connectivity index (χ2n) is 7.61. The molecule has 0 saturated heterocycles. The predicted octanol–water partition coefficient (Wildman–Crippen LogP) is 6.56. The number of fused-ring (bicyclic) bond motifs is 11. The van der Waals surface area contributed by atoms with Crippen LogP contribution in [0.3, 0.4) is 0 Å². The number of aromatic amines is 1. The summed E-state index contributed by atoms with van der Waals surface area (Å²) in [5, 5.41) is 6.32. The van der Waals surface area contributed by atoms with Crippen molar-refractivity contribution >= 4 is 38.9 Å². The summed E-state index contributed by atoms with van der Waals surface area (Å²) in [6.45, 7) is 0. The molecule has 1 unspecified atom stereocenters. The Labute approximate surface area is 162 Å². The monoisotopic (exact) mass is 359 g/mol. The molecule has 4 aromatic carbocycles. The minimum absolute atomic E-state index is 0.111. The second kappa shape index (κ2) is 4.96. The fourth-order valence-electron chi connectivity index (χ4n) is 4.93. The maximum atomic E-state index is 3.75. The highest BCUT2D eigenvalue weighted by atomic mass is 15.3. The Balaban J connectivity index is 1.59. The average molecular weight is 359 g/mol. The third-order valence-electron chi connectivity index (χ3n) is 6.14. The van der Waals surface area contributed by atoms with Crippen molar-refractivity contribution < 1.29 is 0 Å². The Morgan fingerprint density at radius 1 is 0.643 bits per heavy atom. The van der Waals surface area contributed by atoms with Crippen LogP contribution in [0.4, 0.5) is 17.1 Å². The van der Waals surface area contributed by atoms with Gasteiger partial charge in [0.2, 0.25) is 0 Å². The maximum Gasteiger partial charge on any atom is 0.131 e. The molecule has 2 aliphatic heterocycles. The van der Waals surface area contributed by atoms with E-state index < -0.39 is 0 Å². The number of rotatable bonds is 0. The van der Waals surface area contributed by atoms with Crippen molar-refractivity contribution in [2.24, 2.45) is 0 Å². The van der Waals surface area contributed by atoms with Crippen LogP contribution in [0.2, 0.25) is 0 Å². The van der Waals surface area contributed by atoms with Crippen LogP contribution < -0.4 is 10.2 Å². The molecule has 1 atom stereocenters. The normalized spacial score (nSPS) is 16.4. The van der Waals surface area contributed by atoms with Crippen LogP contribution in [-0.2, 0) is 0 Å². The van der Waals surface area contributed by atoms with E-state index in [0.717, 1.165) is 0 Å². The lowest BCUT2D eigenvalue weighted by Gasteiger charge is -2.35. The van der Waals surface area contributed by atoms with Crippen LogP contribution in [0.15, 0.2) is 84.9 Å². The van der Waals surface area contributed by atoms with E-state index in [9.17, 15) is 0 Å². The van der Waals surface area contributed by atoms with Crippen LogP contribution in [0.1, 0.15) is 11.7 Å². The Morgan fingerprint density at radius 2 is 1.43 bits per heavy atom. The molecule has 0 amide bonds. The van der Waals surface area contributed by atoms with Gasteiger partial charge < -0.3 is 15.2 Å². The smallest absolute Gasteiger partial charge is 0.131 e. The van der Waals surface area contributed by atoms with Crippen LogP contribution in [-0.4, -0.2) is 4.98 Å². The van der Waals surface area contributed by atoms with E-state index in [0.29, 0.717) is 0 Å². The van der Waals surface area contributed by atoms with Gasteiger partial charge in [-0.05, 0) is 42.0 Å². The van der Waals surface area contributed by atoms with E-state index in [4.69, 9.17) is 0 Å². The van der Waals surface area contributed by atoms with Gasteiger partial charge in [0.15, 0.2) is 0 Å². The topological polar surface area (TPSA) is 31.1 Å². The van der Waals surface area contributed by atoms with Crippen LogP contribution in [0.25, 0.3) is 32.9 Å². The van der Waals surface area contributed by atoms with Gasteiger partial charge in [0.05, 0.1) is 17.1 Å². The lowest BCUT2D eigenvalue weighted by Crippen LogP contribution is -2.27. The van der Waals surface area contributed by atoms with E-state index in [1.807, 2.05) is 0 Å². The molecule has 3 heterocycles. The van der Waals surface area contributed by atoms with Crippen molar-refractivity contribution in [2.75, 3.05) is 10.2 Å². The number of nitrogens with zero attached hydrogens (tertiary/aromatic N) is 1. The van der Waals surface area contributed by atoms with Crippen molar-refractivity contribution in [2.45, 2.75) is 6.17 Å². The van der Waals surface area contributed by atoms with E-state index >= 15 is 0 Å². The van der Waals surface area contributed by atoms with Gasteiger partial charge in [0.25, 0.3) is 0 Å². The van der Waals surface area contributed by atoms with Crippen LogP contribution in [0, 0.1) is 0 Å². The van der Waals surface area contributed by atoms with E-state index in [2.05, 4.69) is 100 Å². The van der Waals surface area contributed by atoms with E-state index in [-0.39, 0.29) is 6.17 Å². The first-order chi connectivity index (χ1) is 13.9. The van der Waals surface area contributed by atoms with Crippen LogP contribution in [0.5, 0.6) is 0 Å². The highest BCUT2D eigenvalue weighted by Gasteiger charge is 2.37. The number of anilines is 3. The summed E-state index contributed by atoms with van der Waals surface area (Å²) in [7, 11) is 0. The summed E-state index contributed by atoms with van der Waals surface area (Å²) in [6.07, 6.45) is 0.111. The first-order valence-electron chi connectivity index (χ1n) is 9.67. The Bertz CT molecular complexity index is 1410. The zero-order valence-electron chi connectivity index (χ0n) is 15.1. The largest absolute Gasteiger partial charge is 0.359 e. The van der Waals surface area contributed by atoms with Crippen LogP contribution >= 0.6 is 0 Å². The maximum absolute atomic E-state index is 3.75. The Kier molecular flexibility index (Phi) is 2.54. The molecule has 7 rings (SSSR count). The number of para-hydroxylation sites is 4. The SMILES string of the molecule is c1ccc2c(c1)NC1c3cc4c(cc3-c3ccccc3N21)[nH]c1ccccc14. The van der Waals surface area contributed by atoms with Gasteiger partial charge in [-0.25, -0.2) is 0 Å². The van der Waals surface area contributed by atoms with Crippen molar-refractivity contribution in [1.82, 2.24) is 4.98 Å². The molecular formula is C25H17N3. The third-order valence-corrected chi connectivity index (χ3v) is 6.14. The molecular weight excluding hydrogens is 342 g/mol. The summed E-state index contributed by atoms with van der Waals surface area (Å²) in [4.78, 5) is 6.04. The highest BCUT2D eigenvalue weighted by molar-refractivity contribution is 6.10. The zero-order chi connectivity index (χ0) is 18.2. The first-order valence-corrected chi connectivity index (χ1v) is 9.67. The van der Waals surface area contributed by atoms with Crippen molar-refractivity contribution in [3.05, 3.63) is 90.5 Å². The number of hydrogen-bond donors (Lipinski definition) is 2. The van der Waals surface area contributed by atoms with Gasteiger partial charge in [-0.15, -0.1) is 0 Å². The molecule has 2 N–H and O–H groups in total. The van der Waals surface area contributed by atoms with Crippen molar-refractivity contribution in [3.8, 4) is 11.1 Å². The summed E-state index contributed by atoms with van der Waals surface area (Å²) < 4.78 is 0. The van der Waals surface area contributed by atoms with E-state index in [1.165, 1.54) is 55.6 Å². The average Bonchev–Trinajstić information content (AvgIpc) is 3.31. The minimum atomic E-state index is 0.111. The summed E-state index contributed by atoms with van der Waals surface area (Å²) >= 11 is 0. The van der Waals surface area contributed by atoms with Gasteiger partial charge in [-0.1, -0.05) is 48.5 Å². The summed E-state index contributed by atoms with van der Waals surface area (Å²) in [5.41, 5.74) is 9.98. The molecule has 0 radical (unpaired) electrons. The summed E-state index contributed by atoms with van der Waals surface area (Å²) in [6, 6.07) is 30.6. The predicted molar refractivity (Wildman–Crippen MR) is 116 cm³/mol. The zero-order valence-corrected chi connectivity index (χ0v) is 15.1.